The standard InChI is InChI=1S/C15H20ClN/c1-10-7-8-13(16)12-9-14(17-15(10)12)11-5-3-2-4-6-11/h7-8,11,14,17H,2-6,9H2,1H3. The summed E-state index contributed by atoms with van der Waals surface area (Å²) >= 11 is 6.31. The van der Waals surface area contributed by atoms with Crippen LogP contribution in [-0.4, -0.2) is 6.04 Å². The van der Waals surface area contributed by atoms with Gasteiger partial charge in [0.15, 0.2) is 0 Å². The Balaban J connectivity index is 1.82. The predicted molar refractivity (Wildman–Crippen MR) is 73.9 cm³/mol. The average Bonchev–Trinajstić information content (AvgIpc) is 2.81. The van der Waals surface area contributed by atoms with Gasteiger partial charge < -0.3 is 5.32 Å². The van der Waals surface area contributed by atoms with Crippen molar-refractivity contribution in [3.8, 4) is 0 Å². The summed E-state index contributed by atoms with van der Waals surface area (Å²) in [5, 5.41) is 4.67. The molecule has 1 saturated carbocycles. The van der Waals surface area contributed by atoms with Crippen LogP contribution >= 0.6 is 11.6 Å². The van der Waals surface area contributed by atoms with Crippen LogP contribution in [0.2, 0.25) is 5.02 Å². The topological polar surface area (TPSA) is 12.0 Å². The molecule has 1 N–H and O–H groups in total. The molecule has 2 aliphatic rings. The van der Waals surface area contributed by atoms with Gasteiger partial charge in [0.25, 0.3) is 0 Å². The van der Waals surface area contributed by atoms with E-state index in [2.05, 4.69) is 18.3 Å². The van der Waals surface area contributed by atoms with E-state index in [0.29, 0.717) is 6.04 Å². The Hall–Kier alpha value is -0.690. The fourth-order valence-electron chi connectivity index (χ4n) is 3.42. The first-order chi connectivity index (χ1) is 8.25. The maximum Gasteiger partial charge on any atom is 0.0459 e. The lowest BCUT2D eigenvalue weighted by Gasteiger charge is -2.27. The molecule has 1 fully saturated rings. The summed E-state index contributed by atoms with van der Waals surface area (Å²) in [6.45, 7) is 2.17. The zero-order valence-corrected chi connectivity index (χ0v) is 11.2. The van der Waals surface area contributed by atoms with Crippen molar-refractivity contribution in [3.63, 3.8) is 0 Å². The van der Waals surface area contributed by atoms with Crippen LogP contribution in [0.4, 0.5) is 5.69 Å². The fourth-order valence-corrected chi connectivity index (χ4v) is 3.65. The second kappa shape index (κ2) is 4.53. The summed E-state index contributed by atoms with van der Waals surface area (Å²) in [6.07, 6.45) is 8.15. The van der Waals surface area contributed by atoms with E-state index >= 15 is 0 Å². The summed E-state index contributed by atoms with van der Waals surface area (Å²) < 4.78 is 0. The number of fused-ring (bicyclic) bond motifs is 1. The van der Waals surface area contributed by atoms with Crippen LogP contribution in [0.25, 0.3) is 0 Å². The van der Waals surface area contributed by atoms with E-state index in [1.807, 2.05) is 6.07 Å². The molecule has 1 aromatic carbocycles. The molecular weight excluding hydrogens is 230 g/mol. The van der Waals surface area contributed by atoms with Crippen molar-refractivity contribution >= 4 is 17.3 Å². The number of hydrogen-bond donors (Lipinski definition) is 1. The minimum absolute atomic E-state index is 0.629. The van der Waals surface area contributed by atoms with Crippen molar-refractivity contribution in [1.82, 2.24) is 0 Å². The normalized spacial score (nSPS) is 24.5. The van der Waals surface area contributed by atoms with E-state index in [1.165, 1.54) is 48.9 Å². The van der Waals surface area contributed by atoms with E-state index in [4.69, 9.17) is 11.6 Å². The average molecular weight is 250 g/mol. The van der Waals surface area contributed by atoms with Gasteiger partial charge in [-0.25, -0.2) is 0 Å². The van der Waals surface area contributed by atoms with Gasteiger partial charge in [-0.2, -0.15) is 0 Å². The molecule has 1 nitrogen and oxygen atoms in total. The van der Waals surface area contributed by atoms with Gasteiger partial charge in [-0.1, -0.05) is 36.9 Å². The highest BCUT2D eigenvalue weighted by molar-refractivity contribution is 6.31. The monoisotopic (exact) mass is 249 g/mol. The summed E-state index contributed by atoms with van der Waals surface area (Å²) in [5.74, 6) is 0.853. The Bertz CT molecular complexity index is 390. The molecule has 0 spiro atoms. The third-order valence-corrected chi connectivity index (χ3v) is 4.79. The number of anilines is 1. The second-order valence-electron chi connectivity index (χ2n) is 5.57. The van der Waals surface area contributed by atoms with Crippen LogP contribution in [-0.2, 0) is 6.42 Å². The first kappa shape index (κ1) is 11.4. The van der Waals surface area contributed by atoms with E-state index in [-0.39, 0.29) is 0 Å². The number of halogens is 1. The number of hydrogen-bond acceptors (Lipinski definition) is 1. The highest BCUT2D eigenvalue weighted by Crippen LogP contribution is 2.39. The van der Waals surface area contributed by atoms with Crippen molar-refractivity contribution in [2.24, 2.45) is 5.92 Å². The zero-order valence-electron chi connectivity index (χ0n) is 10.4. The van der Waals surface area contributed by atoms with Crippen LogP contribution in [0.5, 0.6) is 0 Å². The van der Waals surface area contributed by atoms with Gasteiger partial charge in [0.05, 0.1) is 0 Å². The van der Waals surface area contributed by atoms with Crippen LogP contribution in [0, 0.1) is 12.8 Å². The first-order valence-electron chi connectivity index (χ1n) is 6.80. The number of benzene rings is 1. The van der Waals surface area contributed by atoms with Gasteiger partial charge >= 0.3 is 0 Å². The Kier molecular flexibility index (Phi) is 3.04. The van der Waals surface area contributed by atoms with Gasteiger partial charge in [0, 0.05) is 16.8 Å². The Labute approximate surface area is 109 Å². The number of rotatable bonds is 1. The highest BCUT2D eigenvalue weighted by atomic mass is 35.5. The van der Waals surface area contributed by atoms with Crippen LogP contribution in [0.1, 0.15) is 43.2 Å². The molecule has 17 heavy (non-hydrogen) atoms. The minimum Gasteiger partial charge on any atom is -0.381 e. The van der Waals surface area contributed by atoms with Crippen LogP contribution < -0.4 is 5.32 Å². The molecule has 3 rings (SSSR count). The van der Waals surface area contributed by atoms with E-state index in [1.54, 1.807) is 0 Å². The Morgan fingerprint density at radius 1 is 1.18 bits per heavy atom. The molecule has 0 saturated heterocycles. The summed E-state index contributed by atoms with van der Waals surface area (Å²) in [4.78, 5) is 0. The SMILES string of the molecule is Cc1ccc(Cl)c2c1NC(C1CCCCC1)C2. The first-order valence-corrected chi connectivity index (χ1v) is 7.18. The van der Waals surface area contributed by atoms with Gasteiger partial charge in [-0.15, -0.1) is 0 Å². The molecule has 2 heteroatoms. The van der Waals surface area contributed by atoms with Crippen molar-refractivity contribution in [2.45, 2.75) is 51.5 Å². The lowest BCUT2D eigenvalue weighted by molar-refractivity contribution is 0.321. The summed E-state index contributed by atoms with van der Waals surface area (Å²) in [6, 6.07) is 4.79. The lowest BCUT2D eigenvalue weighted by atomic mass is 9.83. The van der Waals surface area contributed by atoms with Gasteiger partial charge in [0.1, 0.15) is 0 Å². The van der Waals surface area contributed by atoms with Gasteiger partial charge in [-0.3, -0.25) is 0 Å². The fraction of sp³-hybridized carbons (Fsp3) is 0.600. The zero-order chi connectivity index (χ0) is 11.8. The van der Waals surface area contributed by atoms with Crippen molar-refractivity contribution in [2.75, 3.05) is 5.32 Å². The Morgan fingerprint density at radius 3 is 2.65 bits per heavy atom. The summed E-state index contributed by atoms with van der Waals surface area (Å²) in [5.41, 5.74) is 4.00. The lowest BCUT2D eigenvalue weighted by Crippen LogP contribution is -2.28. The molecule has 0 aromatic heterocycles. The van der Waals surface area contributed by atoms with Gasteiger partial charge in [0.2, 0.25) is 0 Å². The smallest absolute Gasteiger partial charge is 0.0459 e. The van der Waals surface area contributed by atoms with Gasteiger partial charge in [-0.05, 0) is 49.3 Å². The van der Waals surface area contributed by atoms with E-state index in [0.717, 1.165) is 17.4 Å². The van der Waals surface area contributed by atoms with Crippen molar-refractivity contribution < 1.29 is 0 Å². The molecule has 1 atom stereocenters. The molecule has 0 amide bonds. The van der Waals surface area contributed by atoms with Crippen LogP contribution in [0.15, 0.2) is 12.1 Å². The molecule has 1 aromatic rings. The largest absolute Gasteiger partial charge is 0.381 e. The molecule has 92 valence electrons. The molecule has 1 aliphatic heterocycles. The highest BCUT2D eigenvalue weighted by Gasteiger charge is 2.30. The molecule has 1 aliphatic carbocycles. The second-order valence-corrected chi connectivity index (χ2v) is 5.98. The van der Waals surface area contributed by atoms with E-state index < -0.39 is 0 Å². The summed E-state index contributed by atoms with van der Waals surface area (Å²) in [7, 11) is 0. The maximum absolute atomic E-state index is 6.31. The maximum atomic E-state index is 6.31. The molecule has 1 heterocycles. The molecular formula is C15H20ClN. The number of nitrogens with one attached hydrogen (secondary N) is 1. The van der Waals surface area contributed by atoms with E-state index in [9.17, 15) is 0 Å². The Morgan fingerprint density at radius 2 is 1.94 bits per heavy atom. The molecule has 1 unspecified atom stereocenters. The third-order valence-electron chi connectivity index (χ3n) is 4.44. The minimum atomic E-state index is 0.629. The quantitative estimate of drug-likeness (QED) is 0.769. The number of aryl methyl sites for hydroxylation is 1. The molecule has 0 radical (unpaired) electrons. The van der Waals surface area contributed by atoms with Crippen molar-refractivity contribution in [1.29, 1.82) is 0 Å². The van der Waals surface area contributed by atoms with Crippen molar-refractivity contribution in [3.05, 3.63) is 28.3 Å². The molecule has 0 bridgehead atoms. The van der Waals surface area contributed by atoms with Crippen LogP contribution in [0.3, 0.4) is 0 Å². The predicted octanol–water partition coefficient (Wildman–Crippen LogP) is 4.57. The third kappa shape index (κ3) is 2.06.